The van der Waals surface area contributed by atoms with Crippen LogP contribution in [0.2, 0.25) is 0 Å². The van der Waals surface area contributed by atoms with Crippen LogP contribution < -0.4 is 19.9 Å². The predicted molar refractivity (Wildman–Crippen MR) is 215 cm³/mol. The molecule has 0 radical (unpaired) electrons. The number of nitrogens with one attached hydrogen (secondary N) is 2. The van der Waals surface area contributed by atoms with E-state index in [0.29, 0.717) is 19.4 Å². The van der Waals surface area contributed by atoms with Crippen LogP contribution in [0.15, 0.2) is 18.5 Å². The fourth-order valence-corrected chi connectivity index (χ4v) is 8.83. The van der Waals surface area contributed by atoms with E-state index in [-0.39, 0.29) is 69.0 Å². The highest BCUT2D eigenvalue weighted by molar-refractivity contribution is 7.48. The Hall–Kier alpha value is -4.71. The van der Waals surface area contributed by atoms with Crippen LogP contribution in [-0.2, 0) is 27.6 Å². The van der Waals surface area contributed by atoms with Crippen LogP contribution in [0.3, 0.4) is 0 Å². The second-order valence-corrected chi connectivity index (χ2v) is 18.9. The molecule has 1 saturated carbocycles. The summed E-state index contributed by atoms with van der Waals surface area (Å²) >= 11 is 0. The molecule has 17 nitrogen and oxygen atoms in total. The van der Waals surface area contributed by atoms with Gasteiger partial charge in [0.25, 0.3) is 0 Å². The van der Waals surface area contributed by atoms with E-state index < -0.39 is 61.2 Å². The second kappa shape index (κ2) is 16.4. The second-order valence-electron chi connectivity index (χ2n) is 17.3. The Bertz CT molecular complexity index is 2250. The van der Waals surface area contributed by atoms with E-state index in [0.717, 1.165) is 11.0 Å². The lowest BCUT2D eigenvalue weighted by Crippen LogP contribution is -2.47. The van der Waals surface area contributed by atoms with Crippen molar-refractivity contribution in [2.45, 2.75) is 131 Å². The molecule has 322 valence electrons. The molecular weight excluding hydrogens is 793 g/mol. The molecule has 2 aliphatic rings. The van der Waals surface area contributed by atoms with Crippen LogP contribution in [0.25, 0.3) is 21.9 Å². The molecule has 1 aliphatic heterocycles. The lowest BCUT2D eigenvalue weighted by Gasteiger charge is -2.33. The first-order chi connectivity index (χ1) is 27.4. The van der Waals surface area contributed by atoms with Crippen LogP contribution >= 0.6 is 7.82 Å². The minimum Gasteiger partial charge on any atom is -0.444 e. The van der Waals surface area contributed by atoms with E-state index in [1.807, 2.05) is 4.90 Å². The highest BCUT2D eigenvalue weighted by Crippen LogP contribution is 2.54. The van der Waals surface area contributed by atoms with Gasteiger partial charge in [-0.25, -0.2) is 32.9 Å². The highest BCUT2D eigenvalue weighted by atomic mass is 31.2. The molecule has 3 aromatic heterocycles. The number of benzene rings is 1. The van der Waals surface area contributed by atoms with Crippen molar-refractivity contribution in [1.29, 1.82) is 0 Å². The van der Waals surface area contributed by atoms with Gasteiger partial charge in [0.2, 0.25) is 0 Å². The molecule has 20 heteroatoms. The van der Waals surface area contributed by atoms with Crippen molar-refractivity contribution < 1.29 is 50.7 Å². The third kappa shape index (κ3) is 10.0. The molecule has 1 aromatic carbocycles. The molecule has 1 aliphatic carbocycles. The number of hydrogen-bond donors (Lipinski definition) is 2. The number of hydrogen-bond acceptors (Lipinski definition) is 14. The maximum absolute atomic E-state index is 16.1. The van der Waals surface area contributed by atoms with Crippen molar-refractivity contribution in [3.05, 3.63) is 35.9 Å². The van der Waals surface area contributed by atoms with Crippen molar-refractivity contribution in [2.24, 2.45) is 5.92 Å². The van der Waals surface area contributed by atoms with E-state index in [1.165, 1.54) is 19.4 Å². The van der Waals surface area contributed by atoms with Crippen LogP contribution in [0, 0.1) is 17.6 Å². The third-order valence-corrected chi connectivity index (χ3v) is 11.2. The van der Waals surface area contributed by atoms with Crippen LogP contribution in [-0.4, -0.2) is 86.2 Å². The Morgan fingerprint density at radius 3 is 2.12 bits per heavy atom. The zero-order valence-corrected chi connectivity index (χ0v) is 36.3. The molecule has 59 heavy (non-hydrogen) atoms. The average Bonchev–Trinajstić information content (AvgIpc) is 3.80. The number of phosphoric acid groups is 1. The maximum Gasteiger partial charge on any atom is 0.475 e. The molecule has 2 fully saturated rings. The largest absolute Gasteiger partial charge is 0.475 e. The fourth-order valence-electron chi connectivity index (χ4n) is 7.16. The average molecular weight is 847 g/mol. The first-order valence-corrected chi connectivity index (χ1v) is 21.0. The normalized spacial score (nSPS) is 18.9. The van der Waals surface area contributed by atoms with E-state index in [1.54, 1.807) is 76.2 Å². The molecular formula is C39H53F2N8O9P. The number of amides is 2. The summed E-state index contributed by atoms with van der Waals surface area (Å²) < 4.78 is 78.7. The summed E-state index contributed by atoms with van der Waals surface area (Å²) in [5, 5.41) is 2.99. The van der Waals surface area contributed by atoms with Crippen LogP contribution in [0.5, 0.6) is 11.8 Å². The Balaban J connectivity index is 1.37. The molecule has 1 saturated heterocycles. The number of nitrogens with zero attached hydrogens (tertiary/aromatic N) is 6. The highest BCUT2D eigenvalue weighted by Gasteiger charge is 2.47. The third-order valence-electron chi connectivity index (χ3n) is 9.29. The minimum absolute atomic E-state index is 0.00611. The van der Waals surface area contributed by atoms with Crippen molar-refractivity contribution in [3.63, 3.8) is 0 Å². The van der Waals surface area contributed by atoms with Gasteiger partial charge in [0.05, 0.1) is 46.6 Å². The van der Waals surface area contributed by atoms with Gasteiger partial charge >= 0.3 is 26.0 Å². The molecule has 0 unspecified atom stereocenters. The zero-order valence-electron chi connectivity index (χ0n) is 35.4. The Kier molecular flexibility index (Phi) is 12.2. The van der Waals surface area contributed by atoms with Gasteiger partial charge in [-0.3, -0.25) is 18.5 Å². The summed E-state index contributed by atoms with van der Waals surface area (Å²) in [6, 6.07) is 0.401. The number of phosphoric ester groups is 1. The van der Waals surface area contributed by atoms with E-state index in [2.05, 4.69) is 25.3 Å². The van der Waals surface area contributed by atoms with Crippen LogP contribution in [0.4, 0.5) is 29.9 Å². The van der Waals surface area contributed by atoms with Gasteiger partial charge in [0.1, 0.15) is 28.8 Å². The lowest BCUT2D eigenvalue weighted by molar-refractivity contribution is 0.0478. The SMILES string of the molecule is CC(C)OP(=O)(OC(C)C)O[C@H](C)c1ncc(Oc2nc(N3C[C@H]4C[C@@H]3C[C@H]4NC(=O)OC(C)(C)C)c3c(n2)[nH]c2c(N(C)C(=O)OC(C)(C)C)cc(F)c(F)c23)cn1. The quantitative estimate of drug-likeness (QED) is 0.128. The standard InChI is InChI=1S/C39H53F2N8O9P/c1-19(2)56-59(52,57-20(3)4)58-21(5)32-42-16-24(17-43-32)53-35-46-33-29(28-30(41)25(40)15-27(31(28)45-33)48(12)37(51)55-39(9,10)11)34(47-35)49-18-22-13-23(49)14-26(22)44-36(50)54-38(6,7)8/h15-17,19-23,26H,13-14,18H2,1-12H3,(H,44,50)(H,45,46,47)/t21-,22-,23-,26-/m1/s1. The lowest BCUT2D eigenvalue weighted by atomic mass is 10.0. The van der Waals surface area contributed by atoms with Gasteiger partial charge < -0.3 is 29.4 Å². The number of H-pyrrole nitrogens is 1. The Morgan fingerprint density at radius 1 is 0.932 bits per heavy atom. The molecule has 2 amide bonds. The van der Waals surface area contributed by atoms with Gasteiger partial charge in [-0.15, -0.1) is 0 Å². The number of fused-ring (bicyclic) bond motifs is 5. The number of ether oxygens (including phenoxy) is 3. The molecule has 4 heterocycles. The van der Waals surface area contributed by atoms with Crippen molar-refractivity contribution in [1.82, 2.24) is 30.2 Å². The fraction of sp³-hybridized carbons (Fsp3) is 0.590. The number of halogens is 2. The predicted octanol–water partition coefficient (Wildman–Crippen LogP) is 8.87. The van der Waals surface area contributed by atoms with Gasteiger partial charge in [-0.1, -0.05) is 0 Å². The smallest absolute Gasteiger partial charge is 0.444 e. The number of anilines is 2. The number of piperidine rings is 1. The number of aromatic nitrogens is 5. The molecule has 2 bridgehead atoms. The number of carbonyl (C=O) groups excluding carboxylic acids is 2. The monoisotopic (exact) mass is 846 g/mol. The maximum atomic E-state index is 16.1. The molecule has 2 N–H and O–H groups in total. The molecule has 4 atom stereocenters. The number of rotatable bonds is 12. The van der Waals surface area contributed by atoms with Crippen molar-refractivity contribution in [2.75, 3.05) is 23.4 Å². The summed E-state index contributed by atoms with van der Waals surface area (Å²) in [5.41, 5.74) is -1.35. The summed E-state index contributed by atoms with van der Waals surface area (Å²) in [5.74, 6) is -1.85. The van der Waals surface area contributed by atoms with E-state index in [4.69, 9.17) is 32.8 Å². The van der Waals surface area contributed by atoms with Gasteiger partial charge in [-0.2, -0.15) is 9.97 Å². The zero-order chi connectivity index (χ0) is 43.4. The van der Waals surface area contributed by atoms with E-state index >= 15 is 8.78 Å². The van der Waals surface area contributed by atoms with Gasteiger partial charge in [0.15, 0.2) is 23.2 Å². The molecule has 4 aromatic rings. The minimum atomic E-state index is -3.97. The summed E-state index contributed by atoms with van der Waals surface area (Å²) in [6.07, 6.45) is 0.825. The van der Waals surface area contributed by atoms with Crippen molar-refractivity contribution >= 4 is 53.5 Å². The first kappa shape index (κ1) is 43.9. The Labute approximate surface area is 341 Å². The molecule has 0 spiro atoms. The summed E-state index contributed by atoms with van der Waals surface area (Å²) in [7, 11) is -2.58. The first-order valence-electron chi connectivity index (χ1n) is 19.5. The number of carbonyl (C=O) groups is 2. The van der Waals surface area contributed by atoms with Gasteiger partial charge in [0, 0.05) is 31.7 Å². The summed E-state index contributed by atoms with van der Waals surface area (Å²) in [6.45, 7) is 19.3. The van der Waals surface area contributed by atoms with Crippen molar-refractivity contribution in [3.8, 4) is 11.8 Å². The topological polar surface area (TPSA) is 192 Å². The number of alkyl carbamates (subject to hydrolysis) is 1. The summed E-state index contributed by atoms with van der Waals surface area (Å²) in [4.78, 5) is 50.0. The van der Waals surface area contributed by atoms with Crippen LogP contribution in [0.1, 0.15) is 101 Å². The molecule has 6 rings (SSSR count). The van der Waals surface area contributed by atoms with Gasteiger partial charge in [-0.05, 0) is 94.9 Å². The number of aromatic amines is 1. The Morgan fingerprint density at radius 2 is 1.56 bits per heavy atom. The van der Waals surface area contributed by atoms with E-state index in [9.17, 15) is 14.2 Å².